The predicted octanol–water partition coefficient (Wildman–Crippen LogP) is -4.13. The van der Waals surface area contributed by atoms with Crippen LogP contribution in [0, 0.1) is 0 Å². The number of carboxylic acids is 1. The maximum atomic E-state index is 10.9. The molecule has 2 aromatic heterocycles. The molecule has 6 atom stereocenters. The maximum Gasteiger partial charge on any atom is 0.320 e. The summed E-state index contributed by atoms with van der Waals surface area (Å²) in [4.78, 5) is 18.7. The van der Waals surface area contributed by atoms with E-state index < -0.39 is 97.7 Å². The van der Waals surface area contributed by atoms with Gasteiger partial charge in [-0.1, -0.05) is 0 Å². The number of phenols is 1. The molecular formula is C21H29N6O19S5-. The number of hydrogen-bond acceptors (Lipinski definition) is 20. The quantitative estimate of drug-likeness (QED) is 0.0532. The topological polar surface area (TPSA) is 446 Å². The number of aliphatic hydroxyl groups excluding tert-OH is 2. The molecule has 25 nitrogen and oxygen atoms in total. The molecule has 1 unspecified atom stereocenters. The molecule has 1 aliphatic heterocycles. The molecule has 0 spiro atoms. The number of ether oxygens (including phenoxy) is 1. The smallest absolute Gasteiger partial charge is 0.320 e. The fraction of sp³-hybridized carbons (Fsp3) is 0.429. The zero-order chi connectivity index (χ0) is 39.4. The monoisotopic (exact) mass is 829 g/mol. The van der Waals surface area contributed by atoms with Gasteiger partial charge < -0.3 is 45.7 Å². The average Bonchev–Trinajstić information content (AvgIpc) is 3.51. The normalized spacial score (nSPS) is 20.8. The number of aromatic nitrogens is 4. The first-order chi connectivity index (χ1) is 23.0. The summed E-state index contributed by atoms with van der Waals surface area (Å²) in [5.41, 5.74) is 12.1. The minimum absolute atomic E-state index is 0.120. The van der Waals surface area contributed by atoms with E-state index in [0.717, 1.165) is 0 Å². The van der Waals surface area contributed by atoms with Gasteiger partial charge in [0.2, 0.25) is 0 Å². The number of rotatable bonds is 10. The van der Waals surface area contributed by atoms with Crippen LogP contribution in [-0.4, -0.2) is 144 Å². The number of aliphatic hydroxyl groups is 2. The van der Waals surface area contributed by atoms with Crippen molar-refractivity contribution in [3.63, 3.8) is 0 Å². The van der Waals surface area contributed by atoms with Gasteiger partial charge in [0.05, 0.1) is 17.5 Å². The van der Waals surface area contributed by atoms with E-state index in [0.29, 0.717) is 29.1 Å². The molecular weight excluding hydrogens is 801 g/mol. The van der Waals surface area contributed by atoms with E-state index in [4.69, 9.17) is 52.5 Å². The molecule has 30 heteroatoms. The number of aromatic hydroxyl groups is 1. The Labute approximate surface area is 291 Å². The van der Waals surface area contributed by atoms with Gasteiger partial charge >= 0.3 is 5.97 Å². The number of carbonyl (C=O) groups is 1. The van der Waals surface area contributed by atoms with Crippen molar-refractivity contribution < 1.29 is 86.4 Å². The van der Waals surface area contributed by atoms with Crippen LogP contribution in [0.4, 0.5) is 5.82 Å². The van der Waals surface area contributed by atoms with Crippen LogP contribution in [0.5, 0.6) is 5.75 Å². The third-order valence-electron chi connectivity index (χ3n) is 6.41. The first-order valence-corrected chi connectivity index (χ1v) is 20.6. The Morgan fingerprint density at radius 3 is 1.92 bits per heavy atom. The largest absolute Gasteiger partial charge is 0.759 e. The SMILES string of the molecule is C[S+](CC[C@H](N)C(=O)O)C[C@H]1O[C@@H](n2cnc3c(N)ncnc32)[C@H](O)[C@@H]1O.O=S(=O)(O)c1cc(S(=O)(=O)O)c(O)c(S(=O)(=O)O)c1.O=S(=O)([O-])[O-]. The lowest BCUT2D eigenvalue weighted by Gasteiger charge is -2.16. The Morgan fingerprint density at radius 2 is 1.47 bits per heavy atom. The Hall–Kier alpha value is -3.37. The zero-order valence-electron chi connectivity index (χ0n) is 25.3. The van der Waals surface area contributed by atoms with Crippen molar-refractivity contribution in [3.05, 3.63) is 24.8 Å². The van der Waals surface area contributed by atoms with E-state index in [9.17, 15) is 45.4 Å². The van der Waals surface area contributed by atoms with Gasteiger partial charge in [-0.3, -0.25) is 31.4 Å². The van der Waals surface area contributed by atoms with Crippen LogP contribution in [0.15, 0.2) is 39.5 Å². The maximum absolute atomic E-state index is 10.9. The third-order valence-corrected chi connectivity index (χ3v) is 10.8. The summed E-state index contributed by atoms with van der Waals surface area (Å²) in [6.45, 7) is 0. The Bertz CT molecular complexity index is 2120. The molecule has 288 valence electrons. The summed E-state index contributed by atoms with van der Waals surface area (Å²) in [6.07, 6.45) is 1.31. The fourth-order valence-corrected chi connectivity index (χ4v) is 7.74. The summed E-state index contributed by atoms with van der Waals surface area (Å²) in [7, 11) is -20.8. The van der Waals surface area contributed by atoms with Crippen molar-refractivity contribution in [2.45, 2.75) is 51.7 Å². The average molecular weight is 830 g/mol. The summed E-state index contributed by atoms with van der Waals surface area (Å²) < 4.78 is 133. The van der Waals surface area contributed by atoms with Crippen molar-refractivity contribution in [2.24, 2.45) is 5.73 Å². The van der Waals surface area contributed by atoms with Crippen LogP contribution in [0.1, 0.15) is 12.6 Å². The number of nitrogens with zero attached hydrogens (tertiary/aromatic N) is 4. The van der Waals surface area contributed by atoms with Gasteiger partial charge in [-0.25, -0.2) is 15.0 Å². The number of phenolic OH excluding ortho intramolecular Hbond substituents is 1. The summed E-state index contributed by atoms with van der Waals surface area (Å²) in [6, 6.07) is -0.668. The Balaban J connectivity index is 0.000000327. The summed E-state index contributed by atoms with van der Waals surface area (Å²) in [5.74, 6) is -1.33. The molecule has 4 rings (SSSR count). The molecule has 1 fully saturated rings. The molecule has 51 heavy (non-hydrogen) atoms. The molecule has 0 bridgehead atoms. The minimum atomic E-state index is -5.20. The summed E-state index contributed by atoms with van der Waals surface area (Å²) >= 11 is 0. The molecule has 0 saturated carbocycles. The van der Waals surface area contributed by atoms with Crippen molar-refractivity contribution in [1.29, 1.82) is 0 Å². The van der Waals surface area contributed by atoms with E-state index in [-0.39, 0.29) is 28.8 Å². The second-order valence-electron chi connectivity index (χ2n) is 10.1. The number of aliphatic carboxylic acids is 1. The number of anilines is 1. The fourth-order valence-electron chi connectivity index (χ4n) is 4.07. The van der Waals surface area contributed by atoms with Crippen LogP contribution in [-0.2, 0) is 61.2 Å². The van der Waals surface area contributed by atoms with Gasteiger partial charge in [-0.2, -0.15) is 25.3 Å². The van der Waals surface area contributed by atoms with E-state index >= 15 is 0 Å². The van der Waals surface area contributed by atoms with Crippen molar-refractivity contribution >= 4 is 74.6 Å². The van der Waals surface area contributed by atoms with Gasteiger partial charge in [-0.15, -0.1) is 0 Å². The molecule has 11 N–H and O–H groups in total. The lowest BCUT2D eigenvalue weighted by atomic mass is 10.1. The third kappa shape index (κ3) is 12.4. The molecule has 0 radical (unpaired) electrons. The van der Waals surface area contributed by atoms with E-state index in [1.165, 1.54) is 17.2 Å². The predicted molar refractivity (Wildman–Crippen MR) is 167 cm³/mol. The summed E-state index contributed by atoms with van der Waals surface area (Å²) in [5, 5.41) is 39.0. The second-order valence-corrected chi connectivity index (χ2v) is 17.4. The molecule has 3 aromatic rings. The van der Waals surface area contributed by atoms with Crippen LogP contribution in [0.2, 0.25) is 0 Å². The van der Waals surface area contributed by atoms with Crippen LogP contribution >= 0.6 is 0 Å². The highest BCUT2D eigenvalue weighted by Gasteiger charge is 2.46. The number of fused-ring (bicyclic) bond motifs is 1. The van der Waals surface area contributed by atoms with Gasteiger partial charge in [0, 0.05) is 16.8 Å². The molecule has 3 heterocycles. The lowest BCUT2D eigenvalue weighted by molar-refractivity contribution is -0.138. The van der Waals surface area contributed by atoms with Gasteiger partial charge in [0.1, 0.15) is 57.5 Å². The number of nitrogen functional groups attached to an aromatic ring is 1. The molecule has 1 aliphatic rings. The first kappa shape index (κ1) is 43.8. The Morgan fingerprint density at radius 1 is 0.961 bits per heavy atom. The number of carboxylic acid groups (broad SMARTS) is 1. The minimum Gasteiger partial charge on any atom is -0.759 e. The molecule has 1 aromatic carbocycles. The highest BCUT2D eigenvalue weighted by molar-refractivity contribution is 7.96. The second kappa shape index (κ2) is 16.5. The first-order valence-electron chi connectivity index (χ1n) is 13.0. The van der Waals surface area contributed by atoms with Gasteiger partial charge in [-0.05, 0) is 23.0 Å². The standard InChI is InChI=1S/C15H22N6O5S.C6H6O10S3.H2O4S/c1-27(3-2-7(16)15(24)25)4-8-10(22)11(23)14(26-8)21-6-20-9-12(17)18-5-19-13(9)21;7-6-4(18(11,12)13)1-3(17(8,9)10)2-5(6)19(14,15)16;1-5(2,3)4/h5-8,10-11,14,22-23H,2-4,16H2,1H3,(H2-,17,18,19,24,25);1-2,7H,(H,8,9,10)(H,11,12,13)(H,14,15,16);(H2,1,2,3,4)/p-1/t7-,8+,10+,11+,14+,27?;;/m0../s1. The molecule has 0 amide bonds. The highest BCUT2D eigenvalue weighted by atomic mass is 32.3. The Kier molecular flexibility index (Phi) is 14.2. The number of benzene rings is 1. The van der Waals surface area contributed by atoms with Crippen LogP contribution in [0.25, 0.3) is 11.2 Å². The van der Waals surface area contributed by atoms with E-state index in [1.54, 1.807) is 0 Å². The number of nitrogens with two attached hydrogens (primary N) is 2. The van der Waals surface area contributed by atoms with Crippen molar-refractivity contribution in [3.8, 4) is 5.75 Å². The van der Waals surface area contributed by atoms with E-state index in [2.05, 4.69) is 15.0 Å². The number of hydrogen-bond donors (Lipinski definition) is 9. The number of imidazole rings is 1. The highest BCUT2D eigenvalue weighted by Crippen LogP contribution is 2.34. The van der Waals surface area contributed by atoms with Crippen molar-refractivity contribution in [2.75, 3.05) is 23.5 Å². The van der Waals surface area contributed by atoms with Crippen LogP contribution < -0.4 is 11.5 Å². The van der Waals surface area contributed by atoms with Gasteiger partial charge in [0.15, 0.2) is 23.4 Å². The lowest BCUT2D eigenvalue weighted by Crippen LogP contribution is -2.37. The van der Waals surface area contributed by atoms with E-state index in [1.807, 2.05) is 6.26 Å². The zero-order valence-corrected chi connectivity index (χ0v) is 29.4. The molecule has 0 aliphatic carbocycles. The van der Waals surface area contributed by atoms with Gasteiger partial charge in [0.25, 0.3) is 30.4 Å². The van der Waals surface area contributed by atoms with Crippen molar-refractivity contribution in [1.82, 2.24) is 19.5 Å². The van der Waals surface area contributed by atoms with Crippen LogP contribution in [0.3, 0.4) is 0 Å². The molecule has 1 saturated heterocycles.